The second kappa shape index (κ2) is 3.90. The molecule has 6 nitrogen and oxygen atoms in total. The average molecular weight is 217 g/mol. The fourth-order valence-corrected chi connectivity index (χ4v) is 1.37. The molecule has 0 fully saturated rings. The molecule has 80 valence electrons. The van der Waals surface area contributed by atoms with Gasteiger partial charge in [0.2, 0.25) is 0 Å². The van der Waals surface area contributed by atoms with Gasteiger partial charge in [-0.15, -0.1) is 0 Å². The Hall–Kier alpha value is -2.55. The van der Waals surface area contributed by atoms with Gasteiger partial charge in [-0.1, -0.05) is 0 Å². The zero-order chi connectivity index (χ0) is 11.5. The molecule has 0 atom stereocenters. The van der Waals surface area contributed by atoms with Crippen LogP contribution in [0.4, 0.5) is 5.88 Å². The van der Waals surface area contributed by atoms with Crippen molar-refractivity contribution in [3.8, 4) is 6.07 Å². The van der Waals surface area contributed by atoms with E-state index in [2.05, 4.69) is 0 Å². The maximum atomic E-state index is 10.4. The van der Waals surface area contributed by atoms with Gasteiger partial charge in [0.1, 0.15) is 22.4 Å². The van der Waals surface area contributed by atoms with Crippen molar-refractivity contribution < 1.29 is 9.34 Å². The van der Waals surface area contributed by atoms with Crippen LogP contribution in [0.1, 0.15) is 11.5 Å². The first kappa shape index (κ1) is 9.98. The van der Waals surface area contributed by atoms with Gasteiger partial charge < -0.3 is 8.98 Å². The van der Waals surface area contributed by atoms with Crippen LogP contribution in [0, 0.1) is 21.4 Å². The monoisotopic (exact) mass is 217 g/mol. The van der Waals surface area contributed by atoms with Crippen LogP contribution in [-0.2, 0) is 6.54 Å². The molecule has 0 aliphatic heterocycles. The Balaban J connectivity index is 2.21. The molecule has 0 saturated heterocycles. The van der Waals surface area contributed by atoms with Crippen molar-refractivity contribution >= 4 is 5.88 Å². The van der Waals surface area contributed by atoms with Crippen molar-refractivity contribution in [3.05, 3.63) is 52.0 Å². The summed E-state index contributed by atoms with van der Waals surface area (Å²) in [5.41, 5.74) is 0.485. The van der Waals surface area contributed by atoms with Gasteiger partial charge in [0.05, 0.1) is 12.6 Å². The van der Waals surface area contributed by atoms with Crippen molar-refractivity contribution in [2.45, 2.75) is 6.54 Å². The molecule has 0 bridgehead atoms. The number of nitro groups is 1. The van der Waals surface area contributed by atoms with Gasteiger partial charge >= 0.3 is 5.88 Å². The summed E-state index contributed by atoms with van der Waals surface area (Å²) in [5, 5.41) is 19.2. The van der Waals surface area contributed by atoms with E-state index in [4.69, 9.17) is 9.68 Å². The van der Waals surface area contributed by atoms with E-state index >= 15 is 0 Å². The molecule has 2 rings (SSSR count). The lowest BCUT2D eigenvalue weighted by atomic mass is 10.4. The van der Waals surface area contributed by atoms with E-state index in [0.29, 0.717) is 18.0 Å². The normalized spacial score (nSPS) is 9.94. The molecule has 0 aliphatic carbocycles. The van der Waals surface area contributed by atoms with Gasteiger partial charge in [0.25, 0.3) is 0 Å². The fourth-order valence-electron chi connectivity index (χ4n) is 1.37. The molecule has 0 aliphatic rings. The summed E-state index contributed by atoms with van der Waals surface area (Å²) in [6.45, 7) is 0.309. The van der Waals surface area contributed by atoms with Crippen LogP contribution in [0.2, 0.25) is 0 Å². The average Bonchev–Trinajstić information content (AvgIpc) is 2.87. The second-order valence-corrected chi connectivity index (χ2v) is 3.13. The lowest BCUT2D eigenvalue weighted by Gasteiger charge is -2.00. The molecule has 0 saturated carbocycles. The molecule has 0 N–H and O–H groups in total. The highest BCUT2D eigenvalue weighted by molar-refractivity contribution is 5.24. The van der Waals surface area contributed by atoms with Crippen LogP contribution in [0.5, 0.6) is 0 Å². The summed E-state index contributed by atoms with van der Waals surface area (Å²) >= 11 is 0. The molecule has 2 heterocycles. The minimum absolute atomic E-state index is 0.291. The quantitative estimate of drug-likeness (QED) is 0.580. The van der Waals surface area contributed by atoms with Crippen molar-refractivity contribution in [1.29, 1.82) is 5.26 Å². The number of rotatable bonds is 3. The van der Waals surface area contributed by atoms with Gasteiger partial charge in [-0.3, -0.25) is 10.1 Å². The Morgan fingerprint density at radius 1 is 1.50 bits per heavy atom. The molecule has 0 spiro atoms. The molecular formula is C10H7N3O3. The predicted octanol–water partition coefficient (Wildman–Crippen LogP) is 1.91. The van der Waals surface area contributed by atoms with E-state index in [9.17, 15) is 10.1 Å². The fraction of sp³-hybridized carbons (Fsp3) is 0.100. The third kappa shape index (κ3) is 1.79. The first-order chi connectivity index (χ1) is 7.70. The van der Waals surface area contributed by atoms with Crippen molar-refractivity contribution in [3.63, 3.8) is 0 Å². The minimum atomic E-state index is -0.593. The van der Waals surface area contributed by atoms with Crippen LogP contribution >= 0.6 is 0 Å². The van der Waals surface area contributed by atoms with Gasteiger partial charge in [-0.2, -0.15) is 5.26 Å². The number of hydrogen-bond acceptors (Lipinski definition) is 4. The van der Waals surface area contributed by atoms with E-state index in [0.717, 1.165) is 0 Å². The van der Waals surface area contributed by atoms with Gasteiger partial charge in [-0.25, -0.2) is 0 Å². The Morgan fingerprint density at radius 3 is 2.94 bits per heavy atom. The molecule has 0 amide bonds. The standard InChI is InChI=1S/C10H7N3O3/c11-6-8-2-1-5-12(8)7-9-3-4-10(16-9)13(14)15/h1-5H,7H2. The van der Waals surface area contributed by atoms with E-state index < -0.39 is 4.92 Å². The number of furan rings is 1. The van der Waals surface area contributed by atoms with Crippen LogP contribution in [0.15, 0.2) is 34.9 Å². The molecule has 16 heavy (non-hydrogen) atoms. The highest BCUT2D eigenvalue weighted by Gasteiger charge is 2.12. The van der Waals surface area contributed by atoms with Crippen LogP contribution in [-0.4, -0.2) is 9.49 Å². The van der Waals surface area contributed by atoms with E-state index in [1.165, 1.54) is 12.1 Å². The molecule has 6 heteroatoms. The summed E-state index contributed by atoms with van der Waals surface area (Å²) in [6, 6.07) is 8.23. The van der Waals surface area contributed by atoms with Crippen LogP contribution in [0.3, 0.4) is 0 Å². The van der Waals surface area contributed by atoms with Crippen LogP contribution < -0.4 is 0 Å². The topological polar surface area (TPSA) is 85.0 Å². The first-order valence-electron chi connectivity index (χ1n) is 4.49. The maximum Gasteiger partial charge on any atom is 0.433 e. The highest BCUT2D eigenvalue weighted by atomic mass is 16.6. The third-order valence-electron chi connectivity index (χ3n) is 2.10. The summed E-state index contributed by atoms with van der Waals surface area (Å²) in [6.07, 6.45) is 1.72. The third-order valence-corrected chi connectivity index (χ3v) is 2.10. The first-order valence-corrected chi connectivity index (χ1v) is 4.49. The number of aromatic nitrogens is 1. The predicted molar refractivity (Wildman–Crippen MR) is 53.6 cm³/mol. The van der Waals surface area contributed by atoms with E-state index in [1.807, 2.05) is 6.07 Å². The lowest BCUT2D eigenvalue weighted by Crippen LogP contribution is -1.99. The Morgan fingerprint density at radius 2 is 2.31 bits per heavy atom. The zero-order valence-electron chi connectivity index (χ0n) is 8.16. The van der Waals surface area contributed by atoms with Gasteiger partial charge in [0.15, 0.2) is 0 Å². The molecule has 0 aromatic carbocycles. The Bertz CT molecular complexity index is 562. The van der Waals surface area contributed by atoms with Crippen molar-refractivity contribution in [2.75, 3.05) is 0 Å². The summed E-state index contributed by atoms with van der Waals surface area (Å²) in [5.74, 6) is 0.153. The van der Waals surface area contributed by atoms with Crippen LogP contribution in [0.25, 0.3) is 0 Å². The molecular weight excluding hydrogens is 210 g/mol. The van der Waals surface area contributed by atoms with E-state index in [1.54, 1.807) is 22.9 Å². The molecule has 2 aromatic rings. The largest absolute Gasteiger partial charge is 0.433 e. The maximum absolute atomic E-state index is 10.4. The minimum Gasteiger partial charge on any atom is -0.404 e. The highest BCUT2D eigenvalue weighted by Crippen LogP contribution is 2.17. The second-order valence-electron chi connectivity index (χ2n) is 3.13. The van der Waals surface area contributed by atoms with Crippen molar-refractivity contribution in [2.24, 2.45) is 0 Å². The summed E-state index contributed by atoms with van der Waals surface area (Å²) in [7, 11) is 0. The molecule has 0 unspecified atom stereocenters. The number of nitrogens with zero attached hydrogens (tertiary/aromatic N) is 3. The lowest BCUT2D eigenvalue weighted by molar-refractivity contribution is -0.402. The van der Waals surface area contributed by atoms with Crippen molar-refractivity contribution in [1.82, 2.24) is 4.57 Å². The smallest absolute Gasteiger partial charge is 0.404 e. The van der Waals surface area contributed by atoms with Gasteiger partial charge in [-0.05, 0) is 18.2 Å². The summed E-state index contributed by atoms with van der Waals surface area (Å²) < 4.78 is 6.64. The number of hydrogen-bond donors (Lipinski definition) is 0. The SMILES string of the molecule is N#Cc1cccn1Cc1ccc([N+](=O)[O-])o1. The van der Waals surface area contributed by atoms with E-state index in [-0.39, 0.29) is 5.88 Å². The number of nitriles is 1. The van der Waals surface area contributed by atoms with Gasteiger partial charge in [0, 0.05) is 6.20 Å². The molecule has 0 radical (unpaired) electrons. The zero-order valence-corrected chi connectivity index (χ0v) is 8.16. The Labute approximate surface area is 90.5 Å². The Kier molecular flexibility index (Phi) is 2.44. The molecule has 2 aromatic heterocycles. The summed E-state index contributed by atoms with van der Waals surface area (Å²) in [4.78, 5) is 9.80.